The molecule has 0 spiro atoms. The lowest BCUT2D eigenvalue weighted by molar-refractivity contribution is -0.119. The number of phenols is 1. The van der Waals surface area contributed by atoms with Crippen molar-refractivity contribution in [1.29, 1.82) is 0 Å². The summed E-state index contributed by atoms with van der Waals surface area (Å²) in [6.45, 7) is 1.32. The summed E-state index contributed by atoms with van der Waals surface area (Å²) < 4.78 is 0. The van der Waals surface area contributed by atoms with Crippen LogP contribution in [0.5, 0.6) is 5.75 Å². The average Bonchev–Trinajstić information content (AvgIpc) is 2.59. The number of benzene rings is 3. The zero-order chi connectivity index (χ0) is 17.1. The highest BCUT2D eigenvalue weighted by molar-refractivity contribution is 6.10. The number of carbonyl (C=O) groups excluding carboxylic acids is 2. The third kappa shape index (κ3) is 3.05. The van der Waals surface area contributed by atoms with Crippen molar-refractivity contribution in [3.63, 3.8) is 0 Å². The number of nitrogens with one attached hydrogen (secondary N) is 1. The molecule has 0 aliphatic rings. The number of aromatic hydroxyl groups is 1. The zero-order valence-corrected chi connectivity index (χ0v) is 13.1. The van der Waals surface area contributed by atoms with Gasteiger partial charge in [-0.05, 0) is 35.0 Å². The topological polar surface area (TPSA) is 69.6 Å². The first-order valence-corrected chi connectivity index (χ1v) is 7.45. The van der Waals surface area contributed by atoms with Crippen LogP contribution in [-0.2, 0) is 4.79 Å². The predicted octanol–water partition coefficient (Wildman–Crippen LogP) is 3.24. The predicted molar refractivity (Wildman–Crippen MR) is 92.7 cm³/mol. The van der Waals surface area contributed by atoms with Gasteiger partial charge >= 0.3 is 0 Å². The molecule has 0 saturated carbocycles. The minimum absolute atomic E-state index is 0.117. The summed E-state index contributed by atoms with van der Waals surface area (Å²) in [5.41, 5.74) is 3.13. The van der Waals surface area contributed by atoms with E-state index in [4.69, 9.17) is 0 Å². The van der Waals surface area contributed by atoms with E-state index in [2.05, 4.69) is 5.43 Å². The fraction of sp³-hybridized carbons (Fsp3) is 0.0526. The molecule has 2 N–H and O–H groups in total. The van der Waals surface area contributed by atoms with Crippen LogP contribution in [0.4, 0.5) is 5.69 Å². The molecule has 5 heteroatoms. The highest BCUT2D eigenvalue weighted by atomic mass is 16.3. The van der Waals surface area contributed by atoms with Crippen LogP contribution in [0.3, 0.4) is 0 Å². The third-order valence-electron chi connectivity index (χ3n) is 3.58. The van der Waals surface area contributed by atoms with Crippen molar-refractivity contribution in [3.05, 3.63) is 72.3 Å². The summed E-state index contributed by atoms with van der Waals surface area (Å²) in [4.78, 5) is 24.4. The number of hydrogen-bond donors (Lipinski definition) is 2. The fourth-order valence-electron chi connectivity index (χ4n) is 2.49. The first-order valence-electron chi connectivity index (χ1n) is 7.45. The number of anilines is 1. The van der Waals surface area contributed by atoms with E-state index in [0.717, 1.165) is 15.8 Å². The number of rotatable bonds is 2. The van der Waals surface area contributed by atoms with Crippen molar-refractivity contribution in [2.24, 2.45) is 0 Å². The normalized spacial score (nSPS) is 10.4. The first kappa shape index (κ1) is 15.6. The Balaban J connectivity index is 2.07. The zero-order valence-electron chi connectivity index (χ0n) is 13.1. The Morgan fingerprint density at radius 1 is 0.917 bits per heavy atom. The highest BCUT2D eigenvalue weighted by Crippen LogP contribution is 2.27. The second-order valence-electron chi connectivity index (χ2n) is 5.36. The third-order valence-corrected chi connectivity index (χ3v) is 3.58. The van der Waals surface area contributed by atoms with Gasteiger partial charge in [0.25, 0.3) is 5.91 Å². The minimum atomic E-state index is -0.514. The Kier molecular flexibility index (Phi) is 4.16. The summed E-state index contributed by atoms with van der Waals surface area (Å²) in [6, 6.07) is 19.3. The molecule has 3 aromatic carbocycles. The van der Waals surface area contributed by atoms with Gasteiger partial charge in [0.1, 0.15) is 5.75 Å². The van der Waals surface area contributed by atoms with Gasteiger partial charge in [-0.25, -0.2) is 5.01 Å². The molecule has 0 aliphatic heterocycles. The summed E-state index contributed by atoms with van der Waals surface area (Å²) in [5.74, 6) is -1.03. The Morgan fingerprint density at radius 3 is 2.12 bits per heavy atom. The molecule has 0 aliphatic carbocycles. The quantitative estimate of drug-likeness (QED) is 0.712. The van der Waals surface area contributed by atoms with Crippen LogP contribution >= 0.6 is 0 Å². The largest absolute Gasteiger partial charge is 0.507 e. The van der Waals surface area contributed by atoms with Crippen LogP contribution in [0, 0.1) is 0 Å². The van der Waals surface area contributed by atoms with Crippen LogP contribution in [-0.4, -0.2) is 16.9 Å². The van der Waals surface area contributed by atoms with Gasteiger partial charge in [0.2, 0.25) is 5.91 Å². The van der Waals surface area contributed by atoms with Crippen molar-refractivity contribution in [2.75, 3.05) is 5.01 Å². The summed E-state index contributed by atoms with van der Waals surface area (Å²) in [6.07, 6.45) is 0. The lowest BCUT2D eigenvalue weighted by Gasteiger charge is -2.23. The number of carbonyl (C=O) groups is 2. The number of amides is 2. The van der Waals surface area contributed by atoms with Crippen LogP contribution in [0.2, 0.25) is 0 Å². The van der Waals surface area contributed by atoms with Crippen molar-refractivity contribution in [3.8, 4) is 5.75 Å². The molecule has 0 fully saturated rings. The summed E-state index contributed by atoms with van der Waals surface area (Å²) >= 11 is 0. The van der Waals surface area contributed by atoms with Gasteiger partial charge in [0.05, 0.1) is 11.3 Å². The first-order chi connectivity index (χ1) is 11.6. The standard InChI is InChI=1S/C19H16N2O3/c1-13(22)20-21(16-9-3-2-4-10-16)19(24)17-11-14-7-5-6-8-15(14)12-18(17)23/h2-12,23H,1H3,(H,20,22). The molecular formula is C19H16N2O3. The Hall–Kier alpha value is -3.34. The smallest absolute Gasteiger partial charge is 0.280 e. The van der Waals surface area contributed by atoms with E-state index in [0.29, 0.717) is 5.69 Å². The molecular weight excluding hydrogens is 304 g/mol. The van der Waals surface area contributed by atoms with E-state index < -0.39 is 5.91 Å². The van der Waals surface area contributed by atoms with E-state index in [1.807, 2.05) is 30.3 Å². The SMILES string of the molecule is CC(=O)NN(C(=O)c1cc2ccccc2cc1O)c1ccccc1. The summed E-state index contributed by atoms with van der Waals surface area (Å²) in [5, 5.41) is 13.0. The van der Waals surface area contributed by atoms with E-state index >= 15 is 0 Å². The maximum absolute atomic E-state index is 12.9. The Labute approximate surface area is 139 Å². The van der Waals surface area contributed by atoms with Crippen LogP contribution < -0.4 is 10.4 Å². The van der Waals surface area contributed by atoms with E-state index in [1.54, 1.807) is 36.4 Å². The molecule has 120 valence electrons. The number of fused-ring (bicyclic) bond motifs is 1. The van der Waals surface area contributed by atoms with Crippen molar-refractivity contribution in [1.82, 2.24) is 5.43 Å². The van der Waals surface area contributed by atoms with Crippen molar-refractivity contribution >= 4 is 28.3 Å². The number of phenolic OH excluding ortho intramolecular Hbond substituents is 1. The molecule has 3 aromatic rings. The van der Waals surface area contributed by atoms with E-state index in [1.165, 1.54) is 6.92 Å². The Bertz CT molecular complexity index is 907. The van der Waals surface area contributed by atoms with Gasteiger partial charge in [0.15, 0.2) is 0 Å². The number of para-hydroxylation sites is 1. The van der Waals surface area contributed by atoms with Gasteiger partial charge in [0, 0.05) is 6.92 Å². The molecule has 3 rings (SSSR count). The molecule has 0 atom stereocenters. The molecule has 0 saturated heterocycles. The lowest BCUT2D eigenvalue weighted by Crippen LogP contribution is -2.45. The minimum Gasteiger partial charge on any atom is -0.507 e. The number of hydrazine groups is 1. The number of hydrogen-bond acceptors (Lipinski definition) is 3. The van der Waals surface area contributed by atoms with Crippen molar-refractivity contribution < 1.29 is 14.7 Å². The molecule has 5 nitrogen and oxygen atoms in total. The van der Waals surface area contributed by atoms with Crippen molar-refractivity contribution in [2.45, 2.75) is 6.92 Å². The molecule has 0 aromatic heterocycles. The molecule has 0 bridgehead atoms. The second-order valence-corrected chi connectivity index (χ2v) is 5.36. The Morgan fingerprint density at radius 2 is 1.50 bits per heavy atom. The van der Waals surface area contributed by atoms with Gasteiger partial charge in [-0.3, -0.25) is 15.0 Å². The molecule has 0 heterocycles. The fourth-order valence-corrected chi connectivity index (χ4v) is 2.49. The maximum Gasteiger partial charge on any atom is 0.280 e. The van der Waals surface area contributed by atoms with Gasteiger partial charge < -0.3 is 5.11 Å². The maximum atomic E-state index is 12.9. The highest BCUT2D eigenvalue weighted by Gasteiger charge is 2.22. The van der Waals surface area contributed by atoms with E-state index in [9.17, 15) is 14.7 Å². The van der Waals surface area contributed by atoms with Gasteiger partial charge in [-0.2, -0.15) is 0 Å². The van der Waals surface area contributed by atoms with Gasteiger partial charge in [-0.1, -0.05) is 42.5 Å². The summed E-state index contributed by atoms with van der Waals surface area (Å²) in [7, 11) is 0. The van der Waals surface area contributed by atoms with Crippen LogP contribution in [0.1, 0.15) is 17.3 Å². The molecule has 2 amide bonds. The van der Waals surface area contributed by atoms with E-state index in [-0.39, 0.29) is 17.2 Å². The monoisotopic (exact) mass is 320 g/mol. The molecule has 0 unspecified atom stereocenters. The molecule has 24 heavy (non-hydrogen) atoms. The van der Waals surface area contributed by atoms with Crippen LogP contribution in [0.25, 0.3) is 10.8 Å². The second kappa shape index (κ2) is 6.42. The lowest BCUT2D eigenvalue weighted by atomic mass is 10.1. The molecule has 0 radical (unpaired) electrons. The number of nitrogens with zero attached hydrogens (tertiary/aromatic N) is 1. The average molecular weight is 320 g/mol. The van der Waals surface area contributed by atoms with Crippen LogP contribution in [0.15, 0.2) is 66.7 Å². The van der Waals surface area contributed by atoms with Gasteiger partial charge in [-0.15, -0.1) is 0 Å².